The molecule has 1 fully saturated rings. The fourth-order valence-electron chi connectivity index (χ4n) is 2.07. The van der Waals surface area contributed by atoms with Crippen LogP contribution < -0.4 is 10.6 Å². The van der Waals surface area contributed by atoms with Gasteiger partial charge in [0.15, 0.2) is 0 Å². The maximum Gasteiger partial charge on any atom is 0.325 e. The molecule has 1 aliphatic rings. The Kier molecular flexibility index (Phi) is 4.56. The summed E-state index contributed by atoms with van der Waals surface area (Å²) in [6.07, 6.45) is 0.903. The summed E-state index contributed by atoms with van der Waals surface area (Å²) < 4.78 is 5.56. The van der Waals surface area contributed by atoms with E-state index in [0.29, 0.717) is 6.61 Å². The van der Waals surface area contributed by atoms with Gasteiger partial charge >= 0.3 is 12.0 Å². The number of carboxylic acids is 1. The molecule has 0 aromatic carbocycles. The predicted octanol–water partition coefficient (Wildman–Crippen LogP) is 0.962. The lowest BCUT2D eigenvalue weighted by atomic mass is 9.64. The van der Waals surface area contributed by atoms with E-state index in [1.807, 2.05) is 20.8 Å². The molecule has 0 aromatic rings. The molecule has 1 aliphatic carbocycles. The molecule has 104 valence electrons. The zero-order valence-electron chi connectivity index (χ0n) is 11.3. The Hall–Kier alpha value is -1.30. The summed E-state index contributed by atoms with van der Waals surface area (Å²) in [6, 6.07) is -1.33. The molecular formula is C12H22N2O4. The van der Waals surface area contributed by atoms with E-state index < -0.39 is 18.0 Å². The molecule has 0 heterocycles. The second kappa shape index (κ2) is 5.56. The van der Waals surface area contributed by atoms with Crippen molar-refractivity contribution in [2.24, 2.45) is 5.41 Å². The summed E-state index contributed by atoms with van der Waals surface area (Å²) in [4.78, 5) is 22.2. The number of carbonyl (C=O) groups excluding carboxylic acids is 1. The van der Waals surface area contributed by atoms with Crippen molar-refractivity contribution in [3.05, 3.63) is 0 Å². The monoisotopic (exact) mass is 258 g/mol. The van der Waals surface area contributed by atoms with Gasteiger partial charge in [-0.25, -0.2) is 4.79 Å². The summed E-state index contributed by atoms with van der Waals surface area (Å²) in [5.74, 6) is -1.05. The third-order valence-electron chi connectivity index (χ3n) is 3.57. The van der Waals surface area contributed by atoms with E-state index in [-0.39, 0.29) is 17.6 Å². The van der Waals surface area contributed by atoms with Crippen LogP contribution in [-0.4, -0.2) is 41.9 Å². The summed E-state index contributed by atoms with van der Waals surface area (Å²) >= 11 is 0. The van der Waals surface area contributed by atoms with Gasteiger partial charge in [-0.05, 0) is 20.3 Å². The van der Waals surface area contributed by atoms with Gasteiger partial charge in [-0.15, -0.1) is 0 Å². The fraction of sp³-hybridized carbons (Fsp3) is 0.833. The number of hydrogen-bond donors (Lipinski definition) is 3. The first kappa shape index (κ1) is 14.8. The van der Waals surface area contributed by atoms with E-state index >= 15 is 0 Å². The second-order valence-corrected chi connectivity index (χ2v) is 5.23. The topological polar surface area (TPSA) is 87.7 Å². The Bertz CT molecular complexity index is 330. The highest BCUT2D eigenvalue weighted by Crippen LogP contribution is 2.42. The Morgan fingerprint density at radius 1 is 1.50 bits per heavy atom. The third-order valence-corrected chi connectivity index (χ3v) is 3.57. The van der Waals surface area contributed by atoms with Crippen LogP contribution in [0.25, 0.3) is 0 Å². The van der Waals surface area contributed by atoms with Crippen molar-refractivity contribution in [2.75, 3.05) is 6.61 Å². The van der Waals surface area contributed by atoms with E-state index in [4.69, 9.17) is 9.84 Å². The molecule has 3 atom stereocenters. The smallest absolute Gasteiger partial charge is 0.325 e. The van der Waals surface area contributed by atoms with E-state index in [1.54, 1.807) is 0 Å². The average Bonchev–Trinajstić information content (AvgIpc) is 2.27. The van der Waals surface area contributed by atoms with E-state index in [2.05, 4.69) is 10.6 Å². The minimum Gasteiger partial charge on any atom is -0.480 e. The minimum absolute atomic E-state index is 0.00930. The van der Waals surface area contributed by atoms with Crippen molar-refractivity contribution in [1.82, 2.24) is 10.6 Å². The molecule has 0 aromatic heterocycles. The zero-order chi connectivity index (χ0) is 13.9. The van der Waals surface area contributed by atoms with Crippen molar-refractivity contribution in [2.45, 2.75) is 52.3 Å². The molecule has 6 heteroatoms. The average molecular weight is 258 g/mol. The first-order valence-electron chi connectivity index (χ1n) is 6.20. The normalized spacial score (nSPS) is 26.9. The standard InChI is InChI=1S/C12H22N2O4/c1-5-18-9-6-8(12(9,3)4)14-11(17)13-7(2)10(15)16/h7-9H,5-6H2,1-4H3,(H,15,16)(H2,13,14,17)/t7-,8?,9?/m0/s1. The van der Waals surface area contributed by atoms with Crippen LogP contribution in [0.3, 0.4) is 0 Å². The molecule has 0 aliphatic heterocycles. The highest BCUT2D eigenvalue weighted by Gasteiger charge is 2.49. The Morgan fingerprint density at radius 2 is 2.11 bits per heavy atom. The van der Waals surface area contributed by atoms with Crippen LogP contribution in [-0.2, 0) is 9.53 Å². The van der Waals surface area contributed by atoms with Gasteiger partial charge < -0.3 is 20.5 Å². The predicted molar refractivity (Wildman–Crippen MR) is 66.4 cm³/mol. The first-order chi connectivity index (χ1) is 8.28. The minimum atomic E-state index is -1.05. The van der Waals surface area contributed by atoms with Gasteiger partial charge in [0, 0.05) is 18.1 Å². The van der Waals surface area contributed by atoms with Gasteiger partial charge in [-0.3, -0.25) is 4.79 Å². The molecule has 0 bridgehead atoms. The molecular weight excluding hydrogens is 236 g/mol. The molecule has 2 amide bonds. The number of nitrogens with one attached hydrogen (secondary N) is 2. The van der Waals surface area contributed by atoms with Crippen LogP contribution >= 0.6 is 0 Å². The summed E-state index contributed by atoms with van der Waals surface area (Å²) in [5, 5.41) is 13.8. The van der Waals surface area contributed by atoms with Crippen LogP contribution in [0, 0.1) is 5.41 Å². The van der Waals surface area contributed by atoms with Gasteiger partial charge in [-0.1, -0.05) is 13.8 Å². The van der Waals surface area contributed by atoms with E-state index in [1.165, 1.54) is 6.92 Å². The van der Waals surface area contributed by atoms with Crippen LogP contribution in [0.1, 0.15) is 34.1 Å². The lowest BCUT2D eigenvalue weighted by molar-refractivity contribution is -0.138. The lowest BCUT2D eigenvalue weighted by Gasteiger charge is -2.51. The van der Waals surface area contributed by atoms with Crippen LogP contribution in [0.5, 0.6) is 0 Å². The van der Waals surface area contributed by atoms with Crippen molar-refractivity contribution >= 4 is 12.0 Å². The molecule has 18 heavy (non-hydrogen) atoms. The molecule has 0 radical (unpaired) electrons. The van der Waals surface area contributed by atoms with Crippen LogP contribution in [0.2, 0.25) is 0 Å². The third kappa shape index (κ3) is 3.13. The van der Waals surface area contributed by atoms with E-state index in [9.17, 15) is 9.59 Å². The fourth-order valence-corrected chi connectivity index (χ4v) is 2.07. The van der Waals surface area contributed by atoms with Crippen LogP contribution in [0.15, 0.2) is 0 Å². The Morgan fingerprint density at radius 3 is 2.56 bits per heavy atom. The first-order valence-corrected chi connectivity index (χ1v) is 6.20. The molecule has 0 spiro atoms. The quantitative estimate of drug-likeness (QED) is 0.685. The molecule has 2 unspecified atom stereocenters. The van der Waals surface area contributed by atoms with Crippen molar-refractivity contribution in [3.8, 4) is 0 Å². The molecule has 3 N–H and O–H groups in total. The lowest BCUT2D eigenvalue weighted by Crippen LogP contribution is -2.63. The van der Waals surface area contributed by atoms with Gasteiger partial charge in [-0.2, -0.15) is 0 Å². The number of carbonyl (C=O) groups is 2. The van der Waals surface area contributed by atoms with Crippen LogP contribution in [0.4, 0.5) is 4.79 Å². The Balaban J connectivity index is 2.41. The zero-order valence-corrected chi connectivity index (χ0v) is 11.3. The van der Waals surface area contributed by atoms with Gasteiger partial charge in [0.25, 0.3) is 0 Å². The summed E-state index contributed by atoms with van der Waals surface area (Å²) in [6.45, 7) is 8.09. The van der Waals surface area contributed by atoms with Crippen molar-refractivity contribution in [3.63, 3.8) is 0 Å². The second-order valence-electron chi connectivity index (χ2n) is 5.23. The molecule has 0 saturated heterocycles. The van der Waals surface area contributed by atoms with Crippen molar-refractivity contribution < 1.29 is 19.4 Å². The number of carboxylic acid groups (broad SMARTS) is 1. The summed E-state index contributed by atoms with van der Waals surface area (Å²) in [7, 11) is 0. The highest BCUT2D eigenvalue weighted by atomic mass is 16.5. The van der Waals surface area contributed by atoms with Gasteiger partial charge in [0.2, 0.25) is 0 Å². The number of urea groups is 1. The van der Waals surface area contributed by atoms with Gasteiger partial charge in [0.1, 0.15) is 6.04 Å². The number of aliphatic carboxylic acids is 1. The molecule has 6 nitrogen and oxygen atoms in total. The maximum absolute atomic E-state index is 11.6. The number of ether oxygens (including phenoxy) is 1. The SMILES string of the molecule is CCOC1CC(NC(=O)N[C@@H](C)C(=O)O)C1(C)C. The van der Waals surface area contributed by atoms with Gasteiger partial charge in [0.05, 0.1) is 6.10 Å². The Labute approximate surface area is 107 Å². The van der Waals surface area contributed by atoms with E-state index in [0.717, 1.165) is 6.42 Å². The molecule has 1 rings (SSSR count). The summed E-state index contributed by atoms with van der Waals surface area (Å²) in [5.41, 5.74) is -0.125. The number of amides is 2. The van der Waals surface area contributed by atoms with Crippen molar-refractivity contribution in [1.29, 1.82) is 0 Å². The maximum atomic E-state index is 11.6. The highest BCUT2D eigenvalue weighted by molar-refractivity contribution is 5.82. The largest absolute Gasteiger partial charge is 0.480 e. The number of rotatable bonds is 5. The number of hydrogen-bond acceptors (Lipinski definition) is 3. The molecule has 1 saturated carbocycles.